The zero-order valence-electron chi connectivity index (χ0n) is 8.62. The predicted octanol–water partition coefficient (Wildman–Crippen LogP) is 0.734. The molecule has 4 heteroatoms. The third kappa shape index (κ3) is 1.45. The van der Waals surface area contributed by atoms with Gasteiger partial charge in [-0.2, -0.15) is 0 Å². The lowest BCUT2D eigenvalue weighted by atomic mass is 9.63. The zero-order chi connectivity index (χ0) is 10.9. The van der Waals surface area contributed by atoms with Gasteiger partial charge < -0.3 is 4.74 Å². The summed E-state index contributed by atoms with van der Waals surface area (Å²) in [5.74, 6) is -1.06. The predicted molar refractivity (Wildman–Crippen MR) is 48.5 cm³/mol. The molecule has 1 saturated carbocycles. The van der Waals surface area contributed by atoms with E-state index in [1.54, 1.807) is 13.8 Å². The smallest absolute Gasteiger partial charge is 0.320 e. The van der Waals surface area contributed by atoms with E-state index in [1.165, 1.54) is 7.11 Å². The Kier molecular flexibility index (Phi) is 2.73. The summed E-state index contributed by atoms with van der Waals surface area (Å²) in [6, 6.07) is 0. The molecule has 0 N–H and O–H groups in total. The van der Waals surface area contributed by atoms with Crippen molar-refractivity contribution < 1.29 is 19.1 Å². The Bertz CT molecular complexity index is 282. The Morgan fingerprint density at radius 2 is 1.86 bits per heavy atom. The zero-order valence-corrected chi connectivity index (χ0v) is 8.62. The van der Waals surface area contributed by atoms with Gasteiger partial charge in [0.15, 0.2) is 5.78 Å². The average molecular weight is 198 g/mol. The molecule has 0 heterocycles. The van der Waals surface area contributed by atoms with E-state index >= 15 is 0 Å². The van der Waals surface area contributed by atoms with Crippen molar-refractivity contribution >= 4 is 17.5 Å². The molecule has 0 amide bonds. The van der Waals surface area contributed by atoms with Gasteiger partial charge in [-0.15, -0.1) is 0 Å². The Balaban J connectivity index is 2.90. The highest BCUT2D eigenvalue weighted by molar-refractivity contribution is 6.14. The maximum atomic E-state index is 11.7. The van der Waals surface area contributed by atoms with E-state index in [0.29, 0.717) is 0 Å². The summed E-state index contributed by atoms with van der Waals surface area (Å²) in [4.78, 5) is 34.1. The lowest BCUT2D eigenvalue weighted by molar-refractivity contribution is -0.169. The van der Waals surface area contributed by atoms with Crippen LogP contribution in [0.25, 0.3) is 0 Å². The Morgan fingerprint density at radius 3 is 2.14 bits per heavy atom. The van der Waals surface area contributed by atoms with Gasteiger partial charge in [-0.3, -0.25) is 14.4 Å². The molecule has 0 radical (unpaired) electrons. The number of carbonyl (C=O) groups is 3. The SMILES string of the molecule is COC(=O)C1(C(=O)C(C)C)CC(=O)C1. The normalized spacial score (nSPS) is 19.0. The second kappa shape index (κ2) is 3.52. The minimum Gasteiger partial charge on any atom is -0.468 e. The van der Waals surface area contributed by atoms with Gasteiger partial charge in [-0.05, 0) is 0 Å². The van der Waals surface area contributed by atoms with Crippen molar-refractivity contribution in [3.63, 3.8) is 0 Å². The number of carbonyl (C=O) groups excluding carboxylic acids is 3. The summed E-state index contributed by atoms with van der Waals surface area (Å²) in [6.07, 6.45) is 0.0212. The molecule has 0 atom stereocenters. The van der Waals surface area contributed by atoms with E-state index in [9.17, 15) is 14.4 Å². The van der Waals surface area contributed by atoms with Crippen molar-refractivity contribution in [1.82, 2.24) is 0 Å². The number of methoxy groups -OCH3 is 1. The van der Waals surface area contributed by atoms with Crippen LogP contribution < -0.4 is 0 Å². The van der Waals surface area contributed by atoms with Gasteiger partial charge in [0.1, 0.15) is 11.2 Å². The van der Waals surface area contributed by atoms with Gasteiger partial charge in [0, 0.05) is 18.8 Å². The minimum atomic E-state index is -1.17. The van der Waals surface area contributed by atoms with Gasteiger partial charge in [0.25, 0.3) is 0 Å². The molecule has 0 aromatic rings. The van der Waals surface area contributed by atoms with Crippen LogP contribution in [-0.2, 0) is 19.1 Å². The summed E-state index contributed by atoms with van der Waals surface area (Å²) in [5.41, 5.74) is -1.17. The average Bonchev–Trinajstić information content (AvgIpc) is 2.09. The van der Waals surface area contributed by atoms with Crippen LogP contribution in [0.2, 0.25) is 0 Å². The monoisotopic (exact) mass is 198 g/mol. The Hall–Kier alpha value is -1.19. The lowest BCUT2D eigenvalue weighted by Gasteiger charge is -2.36. The Morgan fingerprint density at radius 1 is 1.36 bits per heavy atom. The van der Waals surface area contributed by atoms with Crippen LogP contribution in [0.5, 0.6) is 0 Å². The van der Waals surface area contributed by atoms with E-state index in [4.69, 9.17) is 0 Å². The molecule has 0 bridgehead atoms. The fourth-order valence-corrected chi connectivity index (χ4v) is 1.79. The molecule has 1 aliphatic rings. The van der Waals surface area contributed by atoms with Crippen LogP contribution in [-0.4, -0.2) is 24.6 Å². The third-order valence-corrected chi connectivity index (χ3v) is 2.57. The van der Waals surface area contributed by atoms with Crippen LogP contribution in [0.3, 0.4) is 0 Å². The molecule has 1 aliphatic carbocycles. The molecular weight excluding hydrogens is 184 g/mol. The van der Waals surface area contributed by atoms with Crippen molar-refractivity contribution in [2.24, 2.45) is 11.3 Å². The van der Waals surface area contributed by atoms with Crippen molar-refractivity contribution in [2.75, 3.05) is 7.11 Å². The van der Waals surface area contributed by atoms with Crippen LogP contribution in [0.4, 0.5) is 0 Å². The fourth-order valence-electron chi connectivity index (χ4n) is 1.79. The number of ketones is 2. The van der Waals surface area contributed by atoms with Crippen molar-refractivity contribution in [2.45, 2.75) is 26.7 Å². The second-order valence-corrected chi connectivity index (χ2v) is 3.98. The lowest BCUT2D eigenvalue weighted by Crippen LogP contribution is -2.52. The highest BCUT2D eigenvalue weighted by Crippen LogP contribution is 2.41. The van der Waals surface area contributed by atoms with E-state index < -0.39 is 11.4 Å². The van der Waals surface area contributed by atoms with Gasteiger partial charge in [-0.25, -0.2) is 0 Å². The largest absolute Gasteiger partial charge is 0.468 e. The summed E-state index contributed by atoms with van der Waals surface area (Å²) in [6.45, 7) is 3.44. The first-order chi connectivity index (χ1) is 6.44. The maximum Gasteiger partial charge on any atom is 0.320 e. The van der Waals surface area contributed by atoms with Crippen LogP contribution in [0.1, 0.15) is 26.7 Å². The number of hydrogen-bond donors (Lipinski definition) is 0. The van der Waals surface area contributed by atoms with Gasteiger partial charge in [-0.1, -0.05) is 13.8 Å². The van der Waals surface area contributed by atoms with Gasteiger partial charge >= 0.3 is 5.97 Å². The van der Waals surface area contributed by atoms with E-state index in [1.807, 2.05) is 0 Å². The number of hydrogen-bond acceptors (Lipinski definition) is 4. The number of ether oxygens (including phenoxy) is 1. The molecule has 0 spiro atoms. The standard InChI is InChI=1S/C10H14O4/c1-6(2)8(12)10(9(13)14-3)4-7(11)5-10/h6H,4-5H2,1-3H3. The Labute approximate surface area is 82.6 Å². The molecule has 0 saturated heterocycles. The van der Waals surface area contributed by atoms with Crippen molar-refractivity contribution in [3.05, 3.63) is 0 Å². The number of rotatable bonds is 3. The summed E-state index contributed by atoms with van der Waals surface area (Å²) < 4.78 is 4.57. The molecule has 1 fully saturated rings. The van der Waals surface area contributed by atoms with Crippen LogP contribution in [0, 0.1) is 11.3 Å². The number of Topliss-reactive ketones (excluding diaryl/α,β-unsaturated/α-hetero) is 2. The third-order valence-electron chi connectivity index (χ3n) is 2.57. The summed E-state index contributed by atoms with van der Waals surface area (Å²) in [5, 5.41) is 0. The minimum absolute atomic E-state index is 0.0106. The maximum absolute atomic E-state index is 11.7. The molecule has 1 rings (SSSR count). The topological polar surface area (TPSA) is 60.4 Å². The summed E-state index contributed by atoms with van der Waals surface area (Å²) >= 11 is 0. The quantitative estimate of drug-likeness (QED) is 0.495. The van der Waals surface area contributed by atoms with E-state index in [0.717, 1.165) is 0 Å². The first-order valence-corrected chi connectivity index (χ1v) is 4.58. The molecule has 78 valence electrons. The highest BCUT2D eigenvalue weighted by atomic mass is 16.5. The molecule has 14 heavy (non-hydrogen) atoms. The first-order valence-electron chi connectivity index (χ1n) is 4.58. The van der Waals surface area contributed by atoms with Crippen LogP contribution >= 0.6 is 0 Å². The molecular formula is C10H14O4. The highest BCUT2D eigenvalue weighted by Gasteiger charge is 2.56. The van der Waals surface area contributed by atoms with Crippen LogP contribution in [0.15, 0.2) is 0 Å². The van der Waals surface area contributed by atoms with Gasteiger partial charge in [0.2, 0.25) is 0 Å². The number of esters is 1. The molecule has 0 unspecified atom stereocenters. The van der Waals surface area contributed by atoms with Crippen molar-refractivity contribution in [1.29, 1.82) is 0 Å². The van der Waals surface area contributed by atoms with Crippen molar-refractivity contribution in [3.8, 4) is 0 Å². The molecule has 4 nitrogen and oxygen atoms in total. The molecule has 0 aliphatic heterocycles. The molecule has 0 aromatic carbocycles. The van der Waals surface area contributed by atoms with E-state index in [-0.39, 0.29) is 30.3 Å². The second-order valence-electron chi connectivity index (χ2n) is 3.98. The molecule has 0 aromatic heterocycles. The van der Waals surface area contributed by atoms with E-state index in [2.05, 4.69) is 4.74 Å². The van der Waals surface area contributed by atoms with Gasteiger partial charge in [0.05, 0.1) is 7.11 Å². The summed E-state index contributed by atoms with van der Waals surface area (Å²) in [7, 11) is 1.24. The first kappa shape index (κ1) is 10.9. The fraction of sp³-hybridized carbons (Fsp3) is 0.700.